The summed E-state index contributed by atoms with van der Waals surface area (Å²) < 4.78 is 4.53. The monoisotopic (exact) mass is 166 g/mol. The summed E-state index contributed by atoms with van der Waals surface area (Å²) in [6, 6.07) is 0. The summed E-state index contributed by atoms with van der Waals surface area (Å²) in [5, 5.41) is 6.92. The van der Waals surface area contributed by atoms with Crippen LogP contribution in [0.3, 0.4) is 0 Å². The Morgan fingerprint density at radius 1 is 1.80 bits per heavy atom. The lowest BCUT2D eigenvalue weighted by Gasteiger charge is -2.12. The quantitative estimate of drug-likeness (QED) is 0.500. The Bertz CT molecular complexity index is 117. The molecule has 1 atom stereocenters. The van der Waals surface area contributed by atoms with Gasteiger partial charge in [0.2, 0.25) is 5.06 Å². The van der Waals surface area contributed by atoms with E-state index in [1.807, 2.05) is 6.92 Å². The van der Waals surface area contributed by atoms with Crippen molar-refractivity contribution in [3.05, 3.63) is 0 Å². The van der Waals surface area contributed by atoms with Crippen LogP contribution in [0.15, 0.2) is 0 Å². The van der Waals surface area contributed by atoms with Gasteiger partial charge in [0.15, 0.2) is 0 Å². The van der Waals surface area contributed by atoms with Crippen molar-refractivity contribution in [1.29, 1.82) is 0 Å². The van der Waals surface area contributed by atoms with Crippen molar-refractivity contribution < 1.29 is 14.6 Å². The molecule has 0 aliphatic carbocycles. The first-order chi connectivity index (χ1) is 4.48. The van der Waals surface area contributed by atoms with E-state index in [4.69, 9.17) is 16.7 Å². The number of aliphatic hydroxyl groups is 1. The second-order valence-electron chi connectivity index (χ2n) is 2.09. The summed E-state index contributed by atoms with van der Waals surface area (Å²) >= 11 is 5.20. The molecule has 4 heteroatoms. The van der Waals surface area contributed by atoms with E-state index in [2.05, 4.69) is 4.74 Å². The second-order valence-corrected chi connectivity index (χ2v) is 2.83. The van der Waals surface area contributed by atoms with Crippen molar-refractivity contribution in [2.24, 2.45) is 0 Å². The number of esters is 1. The first kappa shape index (κ1) is 9.72. The molecule has 0 saturated heterocycles. The van der Waals surface area contributed by atoms with Gasteiger partial charge in [-0.2, -0.15) is 0 Å². The fraction of sp³-hybridized carbons (Fsp3) is 0.833. The van der Waals surface area contributed by atoms with Crippen LogP contribution in [0.4, 0.5) is 0 Å². The fourth-order valence-electron chi connectivity index (χ4n) is 0.326. The van der Waals surface area contributed by atoms with E-state index in [9.17, 15) is 4.79 Å². The van der Waals surface area contributed by atoms with E-state index < -0.39 is 11.0 Å². The highest BCUT2D eigenvalue weighted by molar-refractivity contribution is 6.32. The molecule has 60 valence electrons. The van der Waals surface area contributed by atoms with Gasteiger partial charge in [-0.1, -0.05) is 18.5 Å². The zero-order chi connectivity index (χ0) is 8.20. The Labute approximate surface area is 64.9 Å². The number of hydrogen-bond acceptors (Lipinski definition) is 3. The van der Waals surface area contributed by atoms with Crippen molar-refractivity contribution in [3.63, 3.8) is 0 Å². The van der Waals surface area contributed by atoms with Gasteiger partial charge in [-0.3, -0.25) is 0 Å². The molecule has 0 aromatic carbocycles. The normalized spacial score (nSPS) is 16.0. The topological polar surface area (TPSA) is 46.5 Å². The Kier molecular flexibility index (Phi) is 3.68. The second kappa shape index (κ2) is 3.78. The molecule has 0 saturated carbocycles. The number of halogens is 1. The van der Waals surface area contributed by atoms with E-state index in [0.29, 0.717) is 6.61 Å². The average Bonchev–Trinajstić information content (AvgIpc) is 1.80. The molecule has 0 radical (unpaired) electrons. The minimum absolute atomic E-state index is 0.293. The largest absolute Gasteiger partial charge is 0.463 e. The molecule has 0 heterocycles. The number of carbonyl (C=O) groups is 1. The lowest BCUT2D eigenvalue weighted by molar-refractivity contribution is -0.155. The van der Waals surface area contributed by atoms with Crippen LogP contribution in [0.25, 0.3) is 0 Å². The summed E-state index contributed by atoms with van der Waals surface area (Å²) in [4.78, 5) is 10.6. The summed E-state index contributed by atoms with van der Waals surface area (Å²) in [6.45, 7) is 3.32. The highest BCUT2D eigenvalue weighted by Gasteiger charge is 2.28. The van der Waals surface area contributed by atoms with E-state index >= 15 is 0 Å². The maximum Gasteiger partial charge on any atom is 0.353 e. The zero-order valence-corrected chi connectivity index (χ0v) is 6.81. The first-order valence-corrected chi connectivity index (χ1v) is 3.44. The Hall–Kier alpha value is -0.280. The van der Waals surface area contributed by atoms with E-state index in [1.54, 1.807) is 0 Å². The van der Waals surface area contributed by atoms with Crippen molar-refractivity contribution in [1.82, 2.24) is 0 Å². The first-order valence-electron chi connectivity index (χ1n) is 3.07. The van der Waals surface area contributed by atoms with Crippen molar-refractivity contribution in [2.45, 2.75) is 25.3 Å². The van der Waals surface area contributed by atoms with Gasteiger partial charge in [-0.15, -0.1) is 0 Å². The van der Waals surface area contributed by atoms with Gasteiger partial charge in [0.25, 0.3) is 0 Å². The van der Waals surface area contributed by atoms with E-state index in [1.165, 1.54) is 6.92 Å². The molecule has 0 aliphatic heterocycles. The molecule has 0 aromatic rings. The SMILES string of the molecule is CCCOC(=O)C(C)(O)Cl. The Balaban J connectivity index is 3.64. The maximum absolute atomic E-state index is 10.6. The average molecular weight is 167 g/mol. The smallest absolute Gasteiger partial charge is 0.353 e. The highest BCUT2D eigenvalue weighted by Crippen LogP contribution is 2.10. The number of hydrogen-bond donors (Lipinski definition) is 1. The van der Waals surface area contributed by atoms with Crippen LogP contribution in [0, 0.1) is 0 Å². The third kappa shape index (κ3) is 3.69. The third-order valence-corrected chi connectivity index (χ3v) is 0.964. The molecule has 3 nitrogen and oxygen atoms in total. The van der Waals surface area contributed by atoms with E-state index in [0.717, 1.165) is 6.42 Å². The minimum Gasteiger partial charge on any atom is -0.463 e. The molecule has 0 rings (SSSR count). The molecule has 0 spiro atoms. The van der Waals surface area contributed by atoms with Crippen molar-refractivity contribution in [3.8, 4) is 0 Å². The molecule has 1 N–H and O–H groups in total. The van der Waals surface area contributed by atoms with Crippen LogP contribution >= 0.6 is 11.6 Å². The van der Waals surface area contributed by atoms with Crippen LogP contribution in [0.1, 0.15) is 20.3 Å². The standard InChI is InChI=1S/C6H11ClO3/c1-3-4-10-5(8)6(2,7)9/h9H,3-4H2,1-2H3. The summed E-state index contributed by atoms with van der Waals surface area (Å²) in [5.41, 5.74) is 0. The lowest BCUT2D eigenvalue weighted by Crippen LogP contribution is -2.30. The molecule has 0 aromatic heterocycles. The van der Waals surface area contributed by atoms with Crippen LogP contribution in [0.2, 0.25) is 0 Å². The van der Waals surface area contributed by atoms with Crippen molar-refractivity contribution >= 4 is 17.6 Å². The highest BCUT2D eigenvalue weighted by atomic mass is 35.5. The Morgan fingerprint density at radius 3 is 2.60 bits per heavy atom. The maximum atomic E-state index is 10.6. The van der Waals surface area contributed by atoms with Gasteiger partial charge in [0, 0.05) is 0 Å². The zero-order valence-electron chi connectivity index (χ0n) is 6.06. The van der Waals surface area contributed by atoms with Gasteiger partial charge in [-0.05, 0) is 13.3 Å². The number of ether oxygens (including phenoxy) is 1. The number of carbonyl (C=O) groups excluding carboxylic acids is 1. The fourth-order valence-corrected chi connectivity index (χ4v) is 0.381. The molecule has 0 bridgehead atoms. The predicted octanol–water partition coefficient (Wildman–Crippen LogP) is 0.887. The van der Waals surface area contributed by atoms with Crippen LogP contribution in [-0.4, -0.2) is 22.7 Å². The van der Waals surface area contributed by atoms with Gasteiger partial charge >= 0.3 is 5.97 Å². The Morgan fingerprint density at radius 2 is 2.30 bits per heavy atom. The lowest BCUT2D eigenvalue weighted by atomic mass is 10.4. The summed E-state index contributed by atoms with van der Waals surface area (Å²) in [6.07, 6.45) is 0.721. The third-order valence-electron chi connectivity index (χ3n) is 0.810. The van der Waals surface area contributed by atoms with Gasteiger partial charge < -0.3 is 9.84 Å². The molecule has 10 heavy (non-hydrogen) atoms. The van der Waals surface area contributed by atoms with Crippen LogP contribution in [0.5, 0.6) is 0 Å². The molecular formula is C6H11ClO3. The number of rotatable bonds is 3. The molecule has 0 fully saturated rings. The predicted molar refractivity (Wildman–Crippen MR) is 37.7 cm³/mol. The van der Waals surface area contributed by atoms with Crippen molar-refractivity contribution in [2.75, 3.05) is 6.61 Å². The van der Waals surface area contributed by atoms with Gasteiger partial charge in [0.05, 0.1) is 6.61 Å². The summed E-state index contributed by atoms with van der Waals surface area (Å²) in [5.74, 6) is -0.795. The molecule has 1 unspecified atom stereocenters. The van der Waals surface area contributed by atoms with Gasteiger partial charge in [0.1, 0.15) is 0 Å². The van der Waals surface area contributed by atoms with Crippen LogP contribution < -0.4 is 0 Å². The molecule has 0 aliphatic rings. The number of alkyl halides is 1. The molecule has 0 amide bonds. The summed E-state index contributed by atoms with van der Waals surface area (Å²) in [7, 11) is 0. The van der Waals surface area contributed by atoms with E-state index in [-0.39, 0.29) is 0 Å². The van der Waals surface area contributed by atoms with Crippen LogP contribution in [-0.2, 0) is 9.53 Å². The van der Waals surface area contributed by atoms with Gasteiger partial charge in [-0.25, -0.2) is 4.79 Å². The minimum atomic E-state index is -1.88. The molecular weight excluding hydrogens is 156 g/mol.